The standard InChI is InChI=1S/C26H54N2O2/c1-14-26(27-17-22(3,4)5)20(21(29)28-26)16-25(11,12)24(9,10)15-19(18(2)30-13)23(6,7)8/h18-21,27-29H,14-17H2,1-13H3. The van der Waals surface area contributed by atoms with Crippen molar-refractivity contribution in [2.45, 2.75) is 120 Å². The van der Waals surface area contributed by atoms with Crippen molar-refractivity contribution in [1.82, 2.24) is 10.6 Å². The molecule has 1 rings (SSSR count). The first-order valence-corrected chi connectivity index (χ1v) is 12.1. The molecule has 0 aromatic carbocycles. The molecule has 0 bridgehead atoms. The average Bonchev–Trinajstić information content (AvgIpc) is 2.58. The van der Waals surface area contributed by atoms with E-state index in [0.29, 0.717) is 5.92 Å². The smallest absolute Gasteiger partial charge is 0.112 e. The fraction of sp³-hybridized carbons (Fsp3) is 1.00. The van der Waals surface area contributed by atoms with E-state index in [0.717, 1.165) is 25.8 Å². The minimum atomic E-state index is -0.441. The van der Waals surface area contributed by atoms with Crippen molar-refractivity contribution in [2.75, 3.05) is 13.7 Å². The van der Waals surface area contributed by atoms with E-state index >= 15 is 0 Å². The van der Waals surface area contributed by atoms with Gasteiger partial charge in [-0.25, -0.2) is 0 Å². The molecule has 1 fully saturated rings. The highest BCUT2D eigenvalue weighted by Gasteiger charge is 2.55. The van der Waals surface area contributed by atoms with Crippen LogP contribution in [-0.2, 0) is 4.74 Å². The fourth-order valence-electron chi connectivity index (χ4n) is 5.02. The molecule has 1 aliphatic heterocycles. The minimum Gasteiger partial charge on any atom is -0.381 e. The predicted molar refractivity (Wildman–Crippen MR) is 129 cm³/mol. The number of hydrogen-bond donors (Lipinski definition) is 3. The Bertz CT molecular complexity index is 544. The second kappa shape index (κ2) is 9.37. The Morgan fingerprint density at radius 1 is 1.00 bits per heavy atom. The van der Waals surface area contributed by atoms with Crippen molar-refractivity contribution in [2.24, 2.45) is 33.5 Å². The molecular weight excluding hydrogens is 372 g/mol. The Kier molecular flexibility index (Phi) is 8.71. The SMILES string of the molecule is CCC1(NCC(C)(C)C)NC(O)C1CC(C)(C)C(C)(C)CC(C(C)OC)C(C)(C)C. The lowest BCUT2D eigenvalue weighted by Crippen LogP contribution is -2.78. The van der Waals surface area contributed by atoms with Gasteiger partial charge in [-0.15, -0.1) is 0 Å². The van der Waals surface area contributed by atoms with E-state index in [9.17, 15) is 5.11 Å². The third kappa shape index (κ3) is 6.43. The first-order valence-electron chi connectivity index (χ1n) is 12.1. The molecule has 0 radical (unpaired) electrons. The summed E-state index contributed by atoms with van der Waals surface area (Å²) in [5.41, 5.74) is 0.392. The van der Waals surface area contributed by atoms with Gasteiger partial charge in [0.05, 0.1) is 11.8 Å². The van der Waals surface area contributed by atoms with Crippen LogP contribution in [0.4, 0.5) is 0 Å². The highest BCUT2D eigenvalue weighted by molar-refractivity contribution is 5.07. The lowest BCUT2D eigenvalue weighted by atomic mass is 9.56. The molecule has 0 aromatic rings. The van der Waals surface area contributed by atoms with Gasteiger partial charge in [0.1, 0.15) is 6.23 Å². The summed E-state index contributed by atoms with van der Waals surface area (Å²) in [7, 11) is 1.83. The number of aliphatic hydroxyl groups excluding tert-OH is 1. The number of hydrogen-bond acceptors (Lipinski definition) is 4. The lowest BCUT2D eigenvalue weighted by molar-refractivity contribution is -0.144. The second-order valence-corrected chi connectivity index (χ2v) is 13.5. The van der Waals surface area contributed by atoms with Crippen molar-refractivity contribution in [3.63, 3.8) is 0 Å². The van der Waals surface area contributed by atoms with E-state index in [4.69, 9.17) is 4.74 Å². The zero-order valence-electron chi connectivity index (χ0n) is 22.5. The largest absolute Gasteiger partial charge is 0.381 e. The molecule has 0 spiro atoms. The maximum atomic E-state index is 10.7. The third-order valence-corrected chi connectivity index (χ3v) is 8.25. The lowest BCUT2D eigenvalue weighted by Gasteiger charge is -2.59. The molecule has 0 saturated carbocycles. The van der Waals surface area contributed by atoms with E-state index in [2.05, 4.69) is 93.7 Å². The van der Waals surface area contributed by atoms with Gasteiger partial charge in [0.15, 0.2) is 0 Å². The number of methoxy groups -OCH3 is 1. The van der Waals surface area contributed by atoms with Crippen molar-refractivity contribution < 1.29 is 9.84 Å². The van der Waals surface area contributed by atoms with Crippen LogP contribution in [0.1, 0.15) is 102 Å². The van der Waals surface area contributed by atoms with Gasteiger partial charge < -0.3 is 9.84 Å². The molecule has 3 N–H and O–H groups in total. The van der Waals surface area contributed by atoms with Crippen LogP contribution in [0.25, 0.3) is 0 Å². The van der Waals surface area contributed by atoms with Crippen molar-refractivity contribution >= 4 is 0 Å². The van der Waals surface area contributed by atoms with Gasteiger partial charge in [0, 0.05) is 19.6 Å². The van der Waals surface area contributed by atoms with Gasteiger partial charge >= 0.3 is 0 Å². The molecule has 30 heavy (non-hydrogen) atoms. The van der Waals surface area contributed by atoms with E-state index in [1.807, 2.05) is 7.11 Å². The van der Waals surface area contributed by atoms with Crippen molar-refractivity contribution in [3.05, 3.63) is 0 Å². The Hall–Kier alpha value is -0.160. The van der Waals surface area contributed by atoms with Crippen LogP contribution in [0.15, 0.2) is 0 Å². The van der Waals surface area contributed by atoms with Crippen LogP contribution in [-0.4, -0.2) is 36.8 Å². The Balaban J connectivity index is 3.05. The van der Waals surface area contributed by atoms with Gasteiger partial charge in [-0.3, -0.25) is 10.6 Å². The highest BCUT2D eigenvalue weighted by atomic mass is 16.5. The summed E-state index contributed by atoms with van der Waals surface area (Å²) in [6.45, 7) is 28.7. The zero-order chi connectivity index (χ0) is 23.8. The third-order valence-electron chi connectivity index (χ3n) is 8.25. The molecule has 5 atom stereocenters. The van der Waals surface area contributed by atoms with Crippen LogP contribution in [0.2, 0.25) is 0 Å². The normalized spacial score (nSPS) is 28.2. The molecule has 4 heteroatoms. The van der Waals surface area contributed by atoms with Gasteiger partial charge in [0.25, 0.3) is 0 Å². The second-order valence-electron chi connectivity index (χ2n) is 13.5. The molecule has 1 heterocycles. The molecule has 0 aromatic heterocycles. The molecule has 5 unspecified atom stereocenters. The Morgan fingerprint density at radius 2 is 1.53 bits per heavy atom. The van der Waals surface area contributed by atoms with Crippen LogP contribution in [0.3, 0.4) is 0 Å². The molecule has 1 saturated heterocycles. The summed E-state index contributed by atoms with van der Waals surface area (Å²) in [4.78, 5) is 0. The number of ether oxygens (including phenoxy) is 1. The Labute approximate surface area is 188 Å². The number of nitrogens with one attached hydrogen (secondary N) is 2. The van der Waals surface area contributed by atoms with Crippen LogP contribution in [0, 0.1) is 33.5 Å². The minimum absolute atomic E-state index is 0.0710. The van der Waals surface area contributed by atoms with Gasteiger partial charge in [-0.05, 0) is 53.8 Å². The number of rotatable bonds is 10. The van der Waals surface area contributed by atoms with E-state index < -0.39 is 6.23 Å². The summed E-state index contributed by atoms with van der Waals surface area (Å²) >= 11 is 0. The summed E-state index contributed by atoms with van der Waals surface area (Å²) in [6, 6.07) is 0. The molecule has 0 aliphatic carbocycles. The first kappa shape index (κ1) is 27.9. The molecule has 1 aliphatic rings. The molecule has 4 nitrogen and oxygen atoms in total. The topological polar surface area (TPSA) is 53.5 Å². The fourth-order valence-corrected chi connectivity index (χ4v) is 5.02. The van der Waals surface area contributed by atoms with Gasteiger partial charge in [0.2, 0.25) is 0 Å². The van der Waals surface area contributed by atoms with E-state index in [1.54, 1.807) is 0 Å². The molecular formula is C26H54N2O2. The summed E-state index contributed by atoms with van der Waals surface area (Å²) in [5.74, 6) is 0.670. The summed E-state index contributed by atoms with van der Waals surface area (Å²) < 4.78 is 5.78. The van der Waals surface area contributed by atoms with Gasteiger partial charge in [-0.2, -0.15) is 0 Å². The Morgan fingerprint density at radius 3 is 1.90 bits per heavy atom. The number of aliphatic hydroxyl groups is 1. The monoisotopic (exact) mass is 426 g/mol. The van der Waals surface area contributed by atoms with Crippen LogP contribution >= 0.6 is 0 Å². The van der Waals surface area contributed by atoms with Crippen molar-refractivity contribution in [1.29, 1.82) is 0 Å². The first-order chi connectivity index (χ1) is 13.3. The maximum absolute atomic E-state index is 10.7. The highest BCUT2D eigenvalue weighted by Crippen LogP contribution is 2.53. The molecule has 0 amide bonds. The van der Waals surface area contributed by atoms with E-state index in [-0.39, 0.29) is 39.3 Å². The average molecular weight is 427 g/mol. The van der Waals surface area contributed by atoms with E-state index in [1.165, 1.54) is 0 Å². The van der Waals surface area contributed by atoms with Crippen LogP contribution in [0.5, 0.6) is 0 Å². The van der Waals surface area contributed by atoms with Crippen LogP contribution < -0.4 is 10.6 Å². The predicted octanol–water partition coefficient (Wildman–Crippen LogP) is 5.80. The zero-order valence-corrected chi connectivity index (χ0v) is 22.5. The molecule has 180 valence electrons. The quantitative estimate of drug-likeness (QED) is 0.413. The van der Waals surface area contributed by atoms with Crippen molar-refractivity contribution in [3.8, 4) is 0 Å². The summed E-state index contributed by atoms with van der Waals surface area (Å²) in [5, 5.41) is 17.9. The van der Waals surface area contributed by atoms with Gasteiger partial charge in [-0.1, -0.05) is 76.2 Å². The maximum Gasteiger partial charge on any atom is 0.112 e. The summed E-state index contributed by atoms with van der Waals surface area (Å²) in [6.07, 6.45) is 2.83.